The fourth-order valence-electron chi connectivity index (χ4n) is 1.95. The molecule has 108 valence electrons. The lowest BCUT2D eigenvalue weighted by Gasteiger charge is -2.06. The second kappa shape index (κ2) is 7.36. The smallest absolute Gasteiger partial charge is 0.151 e. The van der Waals surface area contributed by atoms with Gasteiger partial charge in [-0.05, 0) is 32.0 Å². The monoisotopic (exact) mass is 291 g/mol. The average molecular weight is 291 g/mol. The molecule has 0 fully saturated rings. The molecule has 1 N–H and O–H groups in total. The highest BCUT2D eigenvalue weighted by molar-refractivity contribution is 7.14. The first-order chi connectivity index (χ1) is 9.74. The van der Waals surface area contributed by atoms with Gasteiger partial charge in [-0.3, -0.25) is 0 Å². The van der Waals surface area contributed by atoms with Gasteiger partial charge >= 0.3 is 0 Å². The summed E-state index contributed by atoms with van der Waals surface area (Å²) in [4.78, 5) is 0. The number of methoxy groups -OCH3 is 1. The molecule has 20 heavy (non-hydrogen) atoms. The number of aromatic nitrogens is 2. The van der Waals surface area contributed by atoms with E-state index in [1.807, 2.05) is 12.1 Å². The molecule has 0 saturated carbocycles. The normalized spacial score (nSPS) is 10.8. The molecule has 0 aliphatic rings. The lowest BCUT2D eigenvalue weighted by molar-refractivity contribution is 0.416. The fraction of sp³-hybridized carbons (Fsp3) is 0.467. The van der Waals surface area contributed by atoms with Gasteiger partial charge in [0.15, 0.2) is 5.01 Å². The van der Waals surface area contributed by atoms with Crippen LogP contribution in [0.1, 0.15) is 23.9 Å². The number of ether oxygens (including phenoxy) is 1. The highest BCUT2D eigenvalue weighted by atomic mass is 32.1. The quantitative estimate of drug-likeness (QED) is 0.796. The van der Waals surface area contributed by atoms with Gasteiger partial charge in [0.1, 0.15) is 10.8 Å². The molecule has 0 amide bonds. The second-order valence-electron chi connectivity index (χ2n) is 4.70. The largest absolute Gasteiger partial charge is 0.496 e. The molecule has 2 rings (SSSR count). The summed E-state index contributed by atoms with van der Waals surface area (Å²) in [6, 6.07) is 6.12. The summed E-state index contributed by atoms with van der Waals surface area (Å²) in [6.07, 6.45) is 2.08. The Morgan fingerprint density at radius 1 is 1.25 bits per heavy atom. The Morgan fingerprint density at radius 2 is 2.10 bits per heavy atom. The van der Waals surface area contributed by atoms with Crippen LogP contribution in [0.2, 0.25) is 0 Å². The third-order valence-electron chi connectivity index (χ3n) is 2.99. The van der Waals surface area contributed by atoms with Gasteiger partial charge in [0, 0.05) is 13.0 Å². The van der Waals surface area contributed by atoms with Crippen molar-refractivity contribution in [2.75, 3.05) is 20.2 Å². The van der Waals surface area contributed by atoms with Crippen LogP contribution in [0, 0.1) is 6.92 Å². The van der Waals surface area contributed by atoms with Gasteiger partial charge in [-0.1, -0.05) is 29.9 Å². The van der Waals surface area contributed by atoms with Crippen molar-refractivity contribution in [2.24, 2.45) is 0 Å². The first-order valence-corrected chi connectivity index (χ1v) is 7.74. The molecule has 1 heterocycles. The van der Waals surface area contributed by atoms with E-state index < -0.39 is 0 Å². The molecule has 0 spiro atoms. The molecular formula is C15H21N3OS. The van der Waals surface area contributed by atoms with Crippen LogP contribution in [0.25, 0.3) is 10.6 Å². The second-order valence-corrected chi connectivity index (χ2v) is 5.77. The molecule has 0 radical (unpaired) electrons. The Hall–Kier alpha value is -1.46. The SMILES string of the molecule is CCCNCCc1nnc(-c2cc(C)ccc2OC)s1. The van der Waals surface area contributed by atoms with E-state index in [2.05, 4.69) is 35.4 Å². The Kier molecular flexibility index (Phi) is 5.49. The molecule has 1 aromatic heterocycles. The minimum Gasteiger partial charge on any atom is -0.496 e. The van der Waals surface area contributed by atoms with Crippen molar-refractivity contribution in [2.45, 2.75) is 26.7 Å². The van der Waals surface area contributed by atoms with E-state index in [9.17, 15) is 0 Å². The van der Waals surface area contributed by atoms with E-state index in [0.29, 0.717) is 0 Å². The molecule has 0 saturated heterocycles. The lowest BCUT2D eigenvalue weighted by atomic mass is 10.1. The third kappa shape index (κ3) is 3.77. The van der Waals surface area contributed by atoms with Gasteiger partial charge in [0.2, 0.25) is 0 Å². The Morgan fingerprint density at radius 3 is 2.85 bits per heavy atom. The summed E-state index contributed by atoms with van der Waals surface area (Å²) in [5, 5.41) is 13.9. The summed E-state index contributed by atoms with van der Waals surface area (Å²) in [7, 11) is 1.69. The highest BCUT2D eigenvalue weighted by Crippen LogP contribution is 2.32. The summed E-state index contributed by atoms with van der Waals surface area (Å²) in [5.41, 5.74) is 2.22. The number of benzene rings is 1. The summed E-state index contributed by atoms with van der Waals surface area (Å²) in [6.45, 7) is 6.24. The predicted octanol–water partition coefficient (Wildman–Crippen LogP) is 3.06. The van der Waals surface area contributed by atoms with Crippen LogP contribution in [-0.2, 0) is 6.42 Å². The van der Waals surface area contributed by atoms with Gasteiger partial charge in [0.25, 0.3) is 0 Å². The fourth-order valence-corrected chi connectivity index (χ4v) is 2.81. The Bertz CT molecular complexity index is 554. The molecule has 1 aromatic carbocycles. The van der Waals surface area contributed by atoms with Gasteiger partial charge in [-0.2, -0.15) is 0 Å². The van der Waals surface area contributed by atoms with Gasteiger partial charge in [-0.25, -0.2) is 0 Å². The zero-order valence-electron chi connectivity index (χ0n) is 12.3. The van der Waals surface area contributed by atoms with Crippen molar-refractivity contribution < 1.29 is 4.74 Å². The first-order valence-electron chi connectivity index (χ1n) is 6.92. The zero-order valence-corrected chi connectivity index (χ0v) is 13.1. The van der Waals surface area contributed by atoms with Gasteiger partial charge in [0.05, 0.1) is 12.7 Å². The summed E-state index contributed by atoms with van der Waals surface area (Å²) < 4.78 is 5.40. The van der Waals surface area contributed by atoms with Crippen LogP contribution in [-0.4, -0.2) is 30.4 Å². The first kappa shape index (κ1) is 14.9. The number of rotatable bonds is 7. The van der Waals surface area contributed by atoms with E-state index in [1.165, 1.54) is 5.56 Å². The van der Waals surface area contributed by atoms with Crippen molar-refractivity contribution in [3.63, 3.8) is 0 Å². The minimum atomic E-state index is 0.849. The van der Waals surface area contributed by atoms with Gasteiger partial charge in [-0.15, -0.1) is 10.2 Å². The molecule has 0 atom stereocenters. The molecule has 0 unspecified atom stereocenters. The number of nitrogens with zero attached hydrogens (tertiary/aromatic N) is 2. The molecule has 2 aromatic rings. The summed E-state index contributed by atoms with van der Waals surface area (Å²) >= 11 is 1.64. The number of hydrogen-bond acceptors (Lipinski definition) is 5. The van der Waals surface area contributed by atoms with Crippen molar-refractivity contribution in [1.29, 1.82) is 0 Å². The third-order valence-corrected chi connectivity index (χ3v) is 4.01. The molecule has 0 bridgehead atoms. The van der Waals surface area contributed by atoms with Crippen LogP contribution in [0.4, 0.5) is 0 Å². The maximum atomic E-state index is 5.40. The maximum absolute atomic E-state index is 5.40. The van der Waals surface area contributed by atoms with E-state index in [1.54, 1.807) is 18.4 Å². The molecular weight excluding hydrogens is 270 g/mol. The lowest BCUT2D eigenvalue weighted by Crippen LogP contribution is -2.17. The minimum absolute atomic E-state index is 0.849. The van der Waals surface area contributed by atoms with E-state index in [0.717, 1.165) is 47.3 Å². The van der Waals surface area contributed by atoms with Crippen LogP contribution in [0.5, 0.6) is 5.75 Å². The highest BCUT2D eigenvalue weighted by Gasteiger charge is 2.11. The number of nitrogens with one attached hydrogen (secondary N) is 1. The van der Waals surface area contributed by atoms with Crippen molar-refractivity contribution in [3.8, 4) is 16.3 Å². The van der Waals surface area contributed by atoms with Crippen molar-refractivity contribution >= 4 is 11.3 Å². The average Bonchev–Trinajstić information content (AvgIpc) is 2.92. The summed E-state index contributed by atoms with van der Waals surface area (Å²) in [5.74, 6) is 0.849. The number of aryl methyl sites for hydroxylation is 1. The van der Waals surface area contributed by atoms with Crippen LogP contribution in [0.3, 0.4) is 0 Å². The van der Waals surface area contributed by atoms with Gasteiger partial charge < -0.3 is 10.1 Å². The van der Waals surface area contributed by atoms with E-state index in [-0.39, 0.29) is 0 Å². The van der Waals surface area contributed by atoms with Crippen LogP contribution in [0.15, 0.2) is 18.2 Å². The molecule has 0 aliphatic carbocycles. The molecule has 5 heteroatoms. The Balaban J connectivity index is 2.10. The Labute approximate surface area is 124 Å². The predicted molar refractivity (Wildman–Crippen MR) is 83.5 cm³/mol. The van der Waals surface area contributed by atoms with Crippen molar-refractivity contribution in [1.82, 2.24) is 15.5 Å². The number of hydrogen-bond donors (Lipinski definition) is 1. The van der Waals surface area contributed by atoms with Crippen molar-refractivity contribution in [3.05, 3.63) is 28.8 Å². The standard InChI is InChI=1S/C15H21N3OS/c1-4-8-16-9-7-14-17-18-15(20-14)12-10-11(2)5-6-13(12)19-3/h5-6,10,16H,4,7-9H2,1-3H3. The topological polar surface area (TPSA) is 47.0 Å². The molecule has 0 aliphatic heterocycles. The van der Waals surface area contributed by atoms with Crippen LogP contribution < -0.4 is 10.1 Å². The molecule has 4 nitrogen and oxygen atoms in total. The zero-order chi connectivity index (χ0) is 14.4. The maximum Gasteiger partial charge on any atom is 0.151 e. The van der Waals surface area contributed by atoms with E-state index in [4.69, 9.17) is 4.74 Å². The van der Waals surface area contributed by atoms with Crippen LogP contribution >= 0.6 is 11.3 Å². The van der Waals surface area contributed by atoms with E-state index >= 15 is 0 Å².